The molecular formula is C15H10F5N3O2. The van der Waals surface area contributed by atoms with E-state index < -0.39 is 23.9 Å². The molecule has 25 heavy (non-hydrogen) atoms. The Balaban J connectivity index is 1.96. The second kappa shape index (κ2) is 5.80. The van der Waals surface area contributed by atoms with E-state index >= 15 is 0 Å². The van der Waals surface area contributed by atoms with E-state index in [-0.39, 0.29) is 34.0 Å². The van der Waals surface area contributed by atoms with Crippen molar-refractivity contribution in [2.75, 3.05) is 0 Å². The molecule has 0 aromatic heterocycles. The zero-order chi connectivity index (χ0) is 18.4. The second-order valence-electron chi connectivity index (χ2n) is 5.23. The minimum absolute atomic E-state index is 0.0195. The molecule has 2 heterocycles. The number of carboxylic acids is 1. The van der Waals surface area contributed by atoms with Crippen LogP contribution in [0.25, 0.3) is 0 Å². The Labute approximate surface area is 137 Å². The fourth-order valence-corrected chi connectivity index (χ4v) is 2.43. The van der Waals surface area contributed by atoms with Gasteiger partial charge in [0.2, 0.25) is 0 Å². The van der Waals surface area contributed by atoms with Crippen molar-refractivity contribution in [3.63, 3.8) is 0 Å². The Hall–Kier alpha value is -3.04. The van der Waals surface area contributed by atoms with Crippen LogP contribution >= 0.6 is 0 Å². The van der Waals surface area contributed by atoms with Crippen molar-refractivity contribution in [1.82, 2.24) is 15.3 Å². The van der Waals surface area contributed by atoms with Crippen LogP contribution in [0.5, 0.6) is 0 Å². The van der Waals surface area contributed by atoms with E-state index in [1.165, 1.54) is 0 Å². The first kappa shape index (κ1) is 16.8. The minimum Gasteiger partial charge on any atom is -0.477 e. The Kier molecular flexibility index (Phi) is 3.90. The molecule has 3 rings (SSSR count). The monoisotopic (exact) mass is 359 g/mol. The lowest BCUT2D eigenvalue weighted by Gasteiger charge is -2.27. The molecule has 132 valence electrons. The lowest BCUT2D eigenvalue weighted by Crippen LogP contribution is -2.35. The number of hydrogen-bond donors (Lipinski definition) is 2. The summed E-state index contributed by atoms with van der Waals surface area (Å²) < 4.78 is 65.4. The van der Waals surface area contributed by atoms with Gasteiger partial charge < -0.3 is 5.11 Å². The van der Waals surface area contributed by atoms with Crippen LogP contribution in [0.4, 0.5) is 22.0 Å². The van der Waals surface area contributed by atoms with Crippen LogP contribution < -0.4 is 5.43 Å². The van der Waals surface area contributed by atoms with Gasteiger partial charge in [-0.3, -0.25) is 15.3 Å². The number of nitrogens with zero attached hydrogens (tertiary/aromatic N) is 2. The third-order valence-electron chi connectivity index (χ3n) is 3.60. The number of aliphatic carboxylic acids is 1. The maximum absolute atomic E-state index is 13.8. The predicted octanol–water partition coefficient (Wildman–Crippen LogP) is 2.81. The number of fused-ring (bicyclic) bond motifs is 1. The molecule has 10 heteroatoms. The van der Waals surface area contributed by atoms with E-state index in [0.717, 1.165) is 23.2 Å². The lowest BCUT2D eigenvalue weighted by molar-refractivity contribution is -0.211. The van der Waals surface area contributed by atoms with Crippen LogP contribution in [0.1, 0.15) is 5.56 Å². The molecule has 0 amide bonds. The number of benzene rings is 1. The molecular weight excluding hydrogens is 349 g/mol. The van der Waals surface area contributed by atoms with Crippen LogP contribution in [0, 0.1) is 11.6 Å². The van der Waals surface area contributed by atoms with Gasteiger partial charge in [0, 0.05) is 29.6 Å². The molecule has 1 aromatic rings. The molecule has 5 nitrogen and oxygen atoms in total. The number of hydrogen-bond acceptors (Lipinski definition) is 4. The molecule has 0 saturated heterocycles. The largest absolute Gasteiger partial charge is 0.488 e. The Morgan fingerprint density at radius 3 is 2.56 bits per heavy atom. The maximum atomic E-state index is 13.8. The van der Waals surface area contributed by atoms with Gasteiger partial charge in [0.05, 0.1) is 12.2 Å². The van der Waals surface area contributed by atoms with Gasteiger partial charge in [0.1, 0.15) is 17.3 Å². The van der Waals surface area contributed by atoms with Crippen LogP contribution in [0.3, 0.4) is 0 Å². The Morgan fingerprint density at radius 2 is 1.96 bits per heavy atom. The third-order valence-corrected chi connectivity index (χ3v) is 3.60. The molecule has 0 fully saturated rings. The van der Waals surface area contributed by atoms with Crippen molar-refractivity contribution in [1.29, 1.82) is 0 Å². The second-order valence-corrected chi connectivity index (χ2v) is 5.23. The molecule has 0 atom stereocenters. The normalized spacial score (nSPS) is 16.8. The highest BCUT2D eigenvalue weighted by molar-refractivity contribution is 5.89. The van der Waals surface area contributed by atoms with Gasteiger partial charge >= 0.3 is 12.3 Å². The van der Waals surface area contributed by atoms with Crippen LogP contribution in [0.15, 0.2) is 53.6 Å². The molecule has 0 radical (unpaired) electrons. The zero-order valence-corrected chi connectivity index (χ0v) is 12.3. The molecule has 0 spiro atoms. The summed E-state index contributed by atoms with van der Waals surface area (Å²) in [5.41, 5.74) is 2.00. The molecule has 1 aromatic carbocycles. The number of carboxylic acid groups (broad SMARTS) is 1. The maximum Gasteiger partial charge on any atom is 0.488 e. The third kappa shape index (κ3) is 3.14. The average molecular weight is 359 g/mol. The van der Waals surface area contributed by atoms with Crippen molar-refractivity contribution in [3.05, 3.63) is 70.8 Å². The number of alkyl halides is 3. The molecule has 0 bridgehead atoms. The summed E-state index contributed by atoms with van der Waals surface area (Å²) in [7, 11) is 0. The van der Waals surface area contributed by atoms with Gasteiger partial charge in [-0.2, -0.15) is 0 Å². The summed E-state index contributed by atoms with van der Waals surface area (Å²) in [6, 6.07) is 2.76. The molecule has 2 N–H and O–H groups in total. The van der Waals surface area contributed by atoms with Crippen molar-refractivity contribution < 1.29 is 31.9 Å². The summed E-state index contributed by atoms with van der Waals surface area (Å²) in [6.45, 7) is -0.308. The van der Waals surface area contributed by atoms with Crippen LogP contribution in [-0.2, 0) is 11.3 Å². The fourth-order valence-electron chi connectivity index (χ4n) is 2.43. The van der Waals surface area contributed by atoms with Gasteiger partial charge in [0.15, 0.2) is 0 Å². The topological polar surface area (TPSA) is 55.8 Å². The molecule has 2 aliphatic heterocycles. The Morgan fingerprint density at radius 1 is 1.24 bits per heavy atom. The lowest BCUT2D eigenvalue weighted by atomic mass is 10.1. The number of halogens is 5. The van der Waals surface area contributed by atoms with Gasteiger partial charge in [-0.05, 0) is 12.1 Å². The number of carbonyl (C=O) groups is 1. The molecule has 2 aliphatic rings. The number of hydrazine groups is 1. The minimum atomic E-state index is -4.70. The van der Waals surface area contributed by atoms with Gasteiger partial charge in [-0.15, -0.1) is 13.2 Å². The van der Waals surface area contributed by atoms with E-state index in [2.05, 4.69) is 5.43 Å². The van der Waals surface area contributed by atoms with Crippen LogP contribution in [0.2, 0.25) is 0 Å². The van der Waals surface area contributed by atoms with Gasteiger partial charge in [-0.25, -0.2) is 13.6 Å². The van der Waals surface area contributed by atoms with Gasteiger partial charge in [-0.1, -0.05) is 6.07 Å². The highest BCUT2D eigenvalue weighted by Gasteiger charge is 2.39. The standard InChI is InChI=1S/C15H10F5N3O2/c16-9-2-1-8(11(17)5-9)6-23-12-7-22(15(18,19)20)4-3-10(12)13(21-23)14(24)25/h1-5,7,21H,6H2,(H,24,25). The zero-order valence-electron chi connectivity index (χ0n) is 12.3. The fraction of sp³-hybridized carbons (Fsp3) is 0.133. The molecule has 0 aliphatic carbocycles. The summed E-state index contributed by atoms with van der Waals surface area (Å²) in [6.07, 6.45) is -2.32. The average Bonchev–Trinajstić information content (AvgIpc) is 2.87. The van der Waals surface area contributed by atoms with Crippen molar-refractivity contribution in [2.24, 2.45) is 0 Å². The summed E-state index contributed by atoms with van der Waals surface area (Å²) >= 11 is 0. The smallest absolute Gasteiger partial charge is 0.477 e. The van der Waals surface area contributed by atoms with E-state index in [1.54, 1.807) is 0 Å². The first-order valence-electron chi connectivity index (χ1n) is 6.88. The van der Waals surface area contributed by atoms with Crippen molar-refractivity contribution in [3.8, 4) is 0 Å². The number of allylic oxidation sites excluding steroid dienone is 1. The number of rotatable bonds is 3. The van der Waals surface area contributed by atoms with E-state index in [1.807, 2.05) is 0 Å². The van der Waals surface area contributed by atoms with Gasteiger partial charge in [0.25, 0.3) is 0 Å². The van der Waals surface area contributed by atoms with Crippen molar-refractivity contribution >= 4 is 5.97 Å². The first-order chi connectivity index (χ1) is 11.7. The summed E-state index contributed by atoms with van der Waals surface area (Å²) in [4.78, 5) is 11.2. The predicted molar refractivity (Wildman–Crippen MR) is 74.8 cm³/mol. The first-order valence-corrected chi connectivity index (χ1v) is 6.88. The summed E-state index contributed by atoms with van der Waals surface area (Å²) in [5, 5.41) is 10.2. The summed E-state index contributed by atoms with van der Waals surface area (Å²) in [5.74, 6) is -3.08. The quantitative estimate of drug-likeness (QED) is 0.642. The van der Waals surface area contributed by atoms with E-state index in [4.69, 9.17) is 0 Å². The van der Waals surface area contributed by atoms with E-state index in [0.29, 0.717) is 18.5 Å². The van der Waals surface area contributed by atoms with Crippen molar-refractivity contribution in [2.45, 2.75) is 12.8 Å². The van der Waals surface area contributed by atoms with E-state index in [9.17, 15) is 31.9 Å². The Bertz CT molecular complexity index is 829. The number of nitrogens with one attached hydrogen (secondary N) is 1. The highest BCUT2D eigenvalue weighted by Crippen LogP contribution is 2.34. The molecule has 0 unspecified atom stereocenters. The SMILES string of the molecule is O=C(O)C1=C2C=CN(C(F)(F)F)C=C2N(Cc2ccc(F)cc2F)N1. The molecule has 0 saturated carbocycles. The van der Waals surface area contributed by atoms with Crippen LogP contribution in [-0.4, -0.2) is 27.3 Å². The highest BCUT2D eigenvalue weighted by atomic mass is 19.4.